The Balaban J connectivity index is 1.41. The van der Waals surface area contributed by atoms with Gasteiger partial charge >= 0.3 is 6.61 Å². The van der Waals surface area contributed by atoms with Gasteiger partial charge in [-0.15, -0.1) is 0 Å². The molecule has 2 aromatic carbocycles. The van der Waals surface area contributed by atoms with Crippen LogP contribution in [0.1, 0.15) is 17.9 Å². The van der Waals surface area contributed by atoms with Crippen LogP contribution in [0.3, 0.4) is 0 Å². The van der Waals surface area contributed by atoms with Gasteiger partial charge in [0.15, 0.2) is 0 Å². The van der Waals surface area contributed by atoms with Crippen molar-refractivity contribution in [3.8, 4) is 5.75 Å². The highest BCUT2D eigenvalue weighted by Gasteiger charge is 2.32. The Bertz CT molecular complexity index is 825. The van der Waals surface area contributed by atoms with Crippen LogP contribution in [0.4, 0.5) is 20.2 Å². The second kappa shape index (κ2) is 8.12. The highest BCUT2D eigenvalue weighted by molar-refractivity contribution is 6.01. The Morgan fingerprint density at radius 3 is 2.57 bits per heavy atom. The van der Waals surface area contributed by atoms with Crippen LogP contribution < -0.4 is 25.8 Å². The number of carbonyl (C=O) groups excluding carboxylic acids is 1. The fourth-order valence-electron chi connectivity index (χ4n) is 3.66. The number of hydrogen-bond donors (Lipinski definition) is 3. The average molecular weight is 388 g/mol. The van der Waals surface area contributed by atoms with Crippen LogP contribution in [-0.4, -0.2) is 38.2 Å². The van der Waals surface area contributed by atoms with Crippen molar-refractivity contribution < 1.29 is 18.3 Å². The lowest BCUT2D eigenvalue weighted by molar-refractivity contribution is -0.117. The van der Waals surface area contributed by atoms with Gasteiger partial charge in [0.2, 0.25) is 5.91 Å². The van der Waals surface area contributed by atoms with Crippen LogP contribution in [-0.2, 0) is 4.79 Å². The lowest BCUT2D eigenvalue weighted by Crippen LogP contribution is -2.33. The number of nitrogens with zero attached hydrogens (tertiary/aromatic N) is 1. The molecule has 0 aromatic heterocycles. The number of nitrogens with one attached hydrogen (secondary N) is 3. The second-order valence-corrected chi connectivity index (χ2v) is 6.93. The van der Waals surface area contributed by atoms with E-state index in [4.69, 9.17) is 0 Å². The summed E-state index contributed by atoms with van der Waals surface area (Å²) < 4.78 is 29.2. The summed E-state index contributed by atoms with van der Waals surface area (Å²) in [6.45, 7) is -0.488. The zero-order chi connectivity index (χ0) is 19.5. The topological polar surface area (TPSA) is 65.6 Å². The first-order chi connectivity index (χ1) is 13.6. The van der Waals surface area contributed by atoms with Gasteiger partial charge in [-0.1, -0.05) is 18.2 Å². The third-order valence-electron chi connectivity index (χ3n) is 5.10. The number of hydrazine groups is 1. The Morgan fingerprint density at radius 2 is 1.86 bits per heavy atom. The first-order valence-electron chi connectivity index (χ1n) is 9.28. The Hall–Kier alpha value is -2.71. The number of amides is 1. The summed E-state index contributed by atoms with van der Waals surface area (Å²) in [5.41, 5.74) is 8.92. The first kappa shape index (κ1) is 18.6. The van der Waals surface area contributed by atoms with Crippen LogP contribution >= 0.6 is 0 Å². The maximum Gasteiger partial charge on any atom is 0.387 e. The van der Waals surface area contributed by atoms with Crippen molar-refractivity contribution >= 4 is 17.3 Å². The van der Waals surface area contributed by atoms with E-state index in [9.17, 15) is 13.6 Å². The number of carbonyl (C=O) groups is 1. The molecule has 3 N–H and O–H groups in total. The SMILES string of the molecule is O=C1C(Nc2cccc(OC(F)F)c2)CCN1c1ccc(C2CNNC2)cc1. The van der Waals surface area contributed by atoms with Crippen LogP contribution in [0.2, 0.25) is 0 Å². The number of ether oxygens (including phenoxy) is 1. The molecule has 2 aromatic rings. The van der Waals surface area contributed by atoms with Crippen LogP contribution in [0, 0.1) is 0 Å². The number of anilines is 2. The molecule has 0 saturated carbocycles. The molecule has 28 heavy (non-hydrogen) atoms. The van der Waals surface area contributed by atoms with Crippen LogP contribution in [0.25, 0.3) is 0 Å². The fraction of sp³-hybridized carbons (Fsp3) is 0.350. The van der Waals surface area contributed by atoms with Crippen LogP contribution in [0.5, 0.6) is 5.75 Å². The Morgan fingerprint density at radius 1 is 1.11 bits per heavy atom. The maximum absolute atomic E-state index is 12.8. The zero-order valence-corrected chi connectivity index (χ0v) is 15.2. The summed E-state index contributed by atoms with van der Waals surface area (Å²) in [5, 5.41) is 3.13. The quantitative estimate of drug-likeness (QED) is 0.710. The molecule has 4 rings (SSSR count). The predicted octanol–water partition coefficient (Wildman–Crippen LogP) is 2.70. The molecule has 6 nitrogen and oxygen atoms in total. The van der Waals surface area contributed by atoms with E-state index in [-0.39, 0.29) is 11.7 Å². The summed E-state index contributed by atoms with van der Waals surface area (Å²) in [4.78, 5) is 14.6. The van der Waals surface area contributed by atoms with Crippen molar-refractivity contribution in [1.29, 1.82) is 0 Å². The first-order valence-corrected chi connectivity index (χ1v) is 9.28. The Kier molecular flexibility index (Phi) is 5.40. The normalized spacial score (nSPS) is 20.2. The van der Waals surface area contributed by atoms with Gasteiger partial charge in [0.05, 0.1) is 0 Å². The molecule has 0 aliphatic carbocycles. The molecule has 0 spiro atoms. The molecule has 1 atom stereocenters. The Labute approximate surface area is 161 Å². The van der Waals surface area contributed by atoms with E-state index < -0.39 is 12.7 Å². The van der Waals surface area contributed by atoms with E-state index in [1.54, 1.807) is 17.0 Å². The number of alkyl halides is 2. The van der Waals surface area contributed by atoms with Crippen molar-refractivity contribution in [2.24, 2.45) is 0 Å². The third-order valence-corrected chi connectivity index (χ3v) is 5.10. The molecule has 2 heterocycles. The molecule has 0 bridgehead atoms. The van der Waals surface area contributed by atoms with Gasteiger partial charge in [0, 0.05) is 43.0 Å². The third kappa shape index (κ3) is 4.07. The van der Waals surface area contributed by atoms with Gasteiger partial charge in [0.25, 0.3) is 0 Å². The smallest absolute Gasteiger partial charge is 0.387 e. The minimum absolute atomic E-state index is 0.0304. The molecular formula is C20H22F2N4O2. The minimum atomic E-state index is -2.88. The largest absolute Gasteiger partial charge is 0.435 e. The lowest BCUT2D eigenvalue weighted by Gasteiger charge is -2.19. The fourth-order valence-corrected chi connectivity index (χ4v) is 3.66. The average Bonchev–Trinajstić information content (AvgIpc) is 3.33. The predicted molar refractivity (Wildman–Crippen MR) is 103 cm³/mol. The monoisotopic (exact) mass is 388 g/mol. The van der Waals surface area contributed by atoms with Gasteiger partial charge in [-0.3, -0.25) is 15.6 Å². The van der Waals surface area contributed by atoms with E-state index in [0.717, 1.165) is 18.8 Å². The molecule has 2 fully saturated rings. The van der Waals surface area contributed by atoms with Crippen molar-refractivity contribution in [3.05, 3.63) is 54.1 Å². The number of hydrogen-bond acceptors (Lipinski definition) is 5. The maximum atomic E-state index is 12.8. The highest BCUT2D eigenvalue weighted by Crippen LogP contribution is 2.27. The molecule has 2 saturated heterocycles. The van der Waals surface area contributed by atoms with Gasteiger partial charge in [0.1, 0.15) is 11.8 Å². The molecule has 1 amide bonds. The van der Waals surface area contributed by atoms with Crippen LogP contribution in [0.15, 0.2) is 48.5 Å². The van der Waals surface area contributed by atoms with Gasteiger partial charge in [-0.2, -0.15) is 8.78 Å². The van der Waals surface area contributed by atoms with Crippen molar-refractivity contribution in [1.82, 2.24) is 10.9 Å². The summed E-state index contributed by atoms with van der Waals surface area (Å²) in [6.07, 6.45) is 0.636. The number of rotatable bonds is 6. The van der Waals surface area contributed by atoms with Gasteiger partial charge < -0.3 is 15.0 Å². The van der Waals surface area contributed by atoms with E-state index in [1.165, 1.54) is 17.7 Å². The zero-order valence-electron chi connectivity index (χ0n) is 15.2. The van der Waals surface area contributed by atoms with E-state index in [0.29, 0.717) is 24.6 Å². The van der Waals surface area contributed by atoms with Gasteiger partial charge in [-0.25, -0.2) is 0 Å². The standard InChI is InChI=1S/C20H22F2N4O2/c21-20(22)28-17-3-1-2-15(10-17)25-18-8-9-26(19(18)27)16-6-4-13(5-7-16)14-11-23-24-12-14/h1-7,10,14,18,20,23-25H,8-9,11-12H2. The number of benzene rings is 2. The molecule has 148 valence electrons. The van der Waals surface area contributed by atoms with E-state index in [2.05, 4.69) is 33.0 Å². The lowest BCUT2D eigenvalue weighted by atomic mass is 10.00. The van der Waals surface area contributed by atoms with E-state index in [1.807, 2.05) is 12.1 Å². The van der Waals surface area contributed by atoms with Crippen molar-refractivity contribution in [2.45, 2.75) is 25.0 Å². The molecule has 0 radical (unpaired) electrons. The molecular weight excluding hydrogens is 366 g/mol. The number of halogens is 2. The molecule has 2 aliphatic heterocycles. The van der Waals surface area contributed by atoms with Gasteiger partial charge in [-0.05, 0) is 36.2 Å². The molecule has 2 aliphatic rings. The minimum Gasteiger partial charge on any atom is -0.435 e. The van der Waals surface area contributed by atoms with Crippen molar-refractivity contribution in [2.75, 3.05) is 29.9 Å². The molecule has 8 heteroatoms. The highest BCUT2D eigenvalue weighted by atomic mass is 19.3. The summed E-state index contributed by atoms with van der Waals surface area (Å²) >= 11 is 0. The van der Waals surface area contributed by atoms with E-state index >= 15 is 0 Å². The summed E-state index contributed by atoms with van der Waals surface area (Å²) in [5.74, 6) is 0.464. The second-order valence-electron chi connectivity index (χ2n) is 6.93. The summed E-state index contributed by atoms with van der Waals surface area (Å²) in [7, 11) is 0. The molecule has 1 unspecified atom stereocenters. The van der Waals surface area contributed by atoms with Crippen molar-refractivity contribution in [3.63, 3.8) is 0 Å². The summed E-state index contributed by atoms with van der Waals surface area (Å²) in [6, 6.07) is 14.0.